The van der Waals surface area contributed by atoms with Crippen LogP contribution in [0.5, 0.6) is 0 Å². The first-order valence-corrected chi connectivity index (χ1v) is 7.92. The molecule has 0 fully saturated rings. The minimum Gasteiger partial charge on any atom is -0.464 e. The number of hydrogen-bond donors (Lipinski definition) is 0. The van der Waals surface area contributed by atoms with Crippen LogP contribution in [-0.4, -0.2) is 18.2 Å². The minimum absolute atomic E-state index is 0.314. The summed E-state index contributed by atoms with van der Waals surface area (Å²) >= 11 is 0. The second-order valence-corrected chi connectivity index (χ2v) is 6.90. The minimum atomic E-state index is -0.682. The van der Waals surface area contributed by atoms with Gasteiger partial charge in [0.1, 0.15) is 0 Å². The highest BCUT2D eigenvalue weighted by molar-refractivity contribution is 5.78. The highest BCUT2D eigenvalue weighted by atomic mass is 16.6. The predicted octanol–water partition coefficient (Wildman–Crippen LogP) is 4.65. The molecule has 0 aromatic heterocycles. The van der Waals surface area contributed by atoms with Gasteiger partial charge < -0.3 is 9.47 Å². The van der Waals surface area contributed by atoms with E-state index < -0.39 is 11.7 Å². The smallest absolute Gasteiger partial charge is 0.339 e. The van der Waals surface area contributed by atoms with Crippen LogP contribution in [0.1, 0.15) is 67.2 Å². The number of carbonyl (C=O) groups is 1. The number of benzene rings is 1. The van der Waals surface area contributed by atoms with Gasteiger partial charge in [0.05, 0.1) is 12.2 Å². The third kappa shape index (κ3) is 3.89. The molecular formula is C19H30O3. The predicted molar refractivity (Wildman–Crippen MR) is 90.3 cm³/mol. The summed E-state index contributed by atoms with van der Waals surface area (Å²) < 4.78 is 11.3. The normalized spacial score (nSPS) is 13.1. The SMILES string of the molecule is CCOC(=O)[C@@H](OC(C)(C)C)c1c(C)c(C)c(C)c(C)c1C. The molecule has 0 bridgehead atoms. The molecule has 22 heavy (non-hydrogen) atoms. The fraction of sp³-hybridized carbons (Fsp3) is 0.632. The second kappa shape index (κ2) is 6.82. The highest BCUT2D eigenvalue weighted by Gasteiger charge is 2.32. The Hall–Kier alpha value is -1.35. The molecule has 1 rings (SSSR count). The van der Waals surface area contributed by atoms with Crippen LogP contribution in [0.15, 0.2) is 0 Å². The van der Waals surface area contributed by atoms with Gasteiger partial charge in [-0.1, -0.05) is 0 Å². The van der Waals surface area contributed by atoms with Gasteiger partial charge in [0.25, 0.3) is 0 Å². The van der Waals surface area contributed by atoms with Gasteiger partial charge in [-0.05, 0) is 95.7 Å². The third-order valence-corrected chi connectivity index (χ3v) is 4.29. The first-order chi connectivity index (χ1) is 10.0. The van der Waals surface area contributed by atoms with Crippen LogP contribution in [0.25, 0.3) is 0 Å². The van der Waals surface area contributed by atoms with Crippen molar-refractivity contribution >= 4 is 5.97 Å². The molecule has 1 atom stereocenters. The summed E-state index contributed by atoms with van der Waals surface area (Å²) in [7, 11) is 0. The van der Waals surface area contributed by atoms with E-state index in [4.69, 9.17) is 9.47 Å². The van der Waals surface area contributed by atoms with Crippen LogP contribution in [0, 0.1) is 34.6 Å². The summed E-state index contributed by atoms with van der Waals surface area (Å²) in [4.78, 5) is 12.5. The van der Waals surface area contributed by atoms with Crippen LogP contribution in [0.2, 0.25) is 0 Å². The van der Waals surface area contributed by atoms with E-state index in [1.165, 1.54) is 16.7 Å². The highest BCUT2D eigenvalue weighted by Crippen LogP contribution is 2.35. The van der Waals surface area contributed by atoms with E-state index in [0.717, 1.165) is 16.7 Å². The van der Waals surface area contributed by atoms with Crippen molar-refractivity contribution < 1.29 is 14.3 Å². The molecule has 0 radical (unpaired) electrons. The van der Waals surface area contributed by atoms with E-state index in [0.29, 0.717) is 6.61 Å². The number of carbonyl (C=O) groups excluding carboxylic acids is 1. The molecular weight excluding hydrogens is 276 g/mol. The van der Waals surface area contributed by atoms with Crippen molar-refractivity contribution in [3.05, 3.63) is 33.4 Å². The maximum atomic E-state index is 12.5. The maximum Gasteiger partial charge on any atom is 0.339 e. The fourth-order valence-corrected chi connectivity index (χ4v) is 2.72. The monoisotopic (exact) mass is 306 g/mol. The van der Waals surface area contributed by atoms with Crippen molar-refractivity contribution in [2.24, 2.45) is 0 Å². The van der Waals surface area contributed by atoms with Crippen molar-refractivity contribution in [2.45, 2.75) is 74.0 Å². The lowest BCUT2D eigenvalue weighted by Gasteiger charge is -2.30. The number of hydrogen-bond acceptors (Lipinski definition) is 3. The molecule has 0 spiro atoms. The lowest BCUT2D eigenvalue weighted by Crippen LogP contribution is -2.30. The summed E-state index contributed by atoms with van der Waals surface area (Å²) in [6.07, 6.45) is -0.682. The quantitative estimate of drug-likeness (QED) is 0.760. The van der Waals surface area contributed by atoms with Gasteiger partial charge in [0.15, 0.2) is 6.10 Å². The molecule has 0 aliphatic carbocycles. The van der Waals surface area contributed by atoms with Crippen LogP contribution in [0.4, 0.5) is 0 Å². The Labute approximate surface area is 135 Å². The zero-order valence-corrected chi connectivity index (χ0v) is 15.5. The Morgan fingerprint density at radius 3 is 1.68 bits per heavy atom. The van der Waals surface area contributed by atoms with Gasteiger partial charge in [0.2, 0.25) is 0 Å². The van der Waals surface area contributed by atoms with Crippen molar-refractivity contribution in [1.82, 2.24) is 0 Å². The molecule has 0 heterocycles. The molecule has 3 heteroatoms. The van der Waals surface area contributed by atoms with Crippen LogP contribution < -0.4 is 0 Å². The fourth-order valence-electron chi connectivity index (χ4n) is 2.72. The molecule has 0 N–H and O–H groups in total. The van der Waals surface area contributed by atoms with E-state index in [9.17, 15) is 4.79 Å². The summed E-state index contributed by atoms with van der Waals surface area (Å²) in [6, 6.07) is 0. The van der Waals surface area contributed by atoms with Crippen molar-refractivity contribution in [2.75, 3.05) is 6.61 Å². The molecule has 0 aliphatic rings. The number of esters is 1. The molecule has 1 aromatic rings. The maximum absolute atomic E-state index is 12.5. The van der Waals surface area contributed by atoms with E-state index in [-0.39, 0.29) is 5.97 Å². The Morgan fingerprint density at radius 1 is 0.909 bits per heavy atom. The first-order valence-electron chi connectivity index (χ1n) is 7.92. The lowest BCUT2D eigenvalue weighted by atomic mass is 9.87. The molecule has 124 valence electrons. The van der Waals surface area contributed by atoms with E-state index in [1.54, 1.807) is 0 Å². The molecule has 3 nitrogen and oxygen atoms in total. The lowest BCUT2D eigenvalue weighted by molar-refractivity contribution is -0.167. The Morgan fingerprint density at radius 2 is 1.32 bits per heavy atom. The first kappa shape index (κ1) is 18.7. The molecule has 0 saturated carbocycles. The Bertz CT molecular complexity index is 536. The summed E-state index contributed by atoms with van der Waals surface area (Å²) in [5, 5.41) is 0. The summed E-state index contributed by atoms with van der Waals surface area (Å²) in [6.45, 7) is 18.5. The largest absolute Gasteiger partial charge is 0.464 e. The van der Waals surface area contributed by atoms with Crippen LogP contribution in [-0.2, 0) is 14.3 Å². The van der Waals surface area contributed by atoms with Gasteiger partial charge >= 0.3 is 5.97 Å². The van der Waals surface area contributed by atoms with Gasteiger partial charge in [-0.2, -0.15) is 0 Å². The Balaban J connectivity index is 3.52. The van der Waals surface area contributed by atoms with E-state index in [2.05, 4.69) is 34.6 Å². The van der Waals surface area contributed by atoms with Gasteiger partial charge in [-0.25, -0.2) is 4.79 Å². The third-order valence-electron chi connectivity index (χ3n) is 4.29. The summed E-state index contributed by atoms with van der Waals surface area (Å²) in [5.74, 6) is -0.314. The molecule has 0 aliphatic heterocycles. The number of ether oxygens (including phenoxy) is 2. The van der Waals surface area contributed by atoms with E-state index >= 15 is 0 Å². The molecule has 0 unspecified atom stereocenters. The van der Waals surface area contributed by atoms with Crippen LogP contribution in [0.3, 0.4) is 0 Å². The van der Waals surface area contributed by atoms with Crippen molar-refractivity contribution in [3.63, 3.8) is 0 Å². The zero-order valence-electron chi connectivity index (χ0n) is 15.5. The summed E-state index contributed by atoms with van der Waals surface area (Å²) in [5.41, 5.74) is 6.45. The topological polar surface area (TPSA) is 35.5 Å². The zero-order chi connectivity index (χ0) is 17.2. The van der Waals surface area contributed by atoms with Crippen molar-refractivity contribution in [1.29, 1.82) is 0 Å². The average molecular weight is 306 g/mol. The van der Waals surface area contributed by atoms with Gasteiger partial charge in [-0.15, -0.1) is 0 Å². The van der Waals surface area contributed by atoms with E-state index in [1.807, 2.05) is 27.7 Å². The molecule has 1 aromatic carbocycles. The average Bonchev–Trinajstić information content (AvgIpc) is 2.41. The van der Waals surface area contributed by atoms with Gasteiger partial charge in [-0.3, -0.25) is 0 Å². The Kier molecular flexibility index (Phi) is 5.80. The standard InChI is InChI=1S/C19H30O3/c1-10-21-18(20)17(22-19(7,8)9)16-14(5)12(3)11(2)13(4)15(16)6/h17H,10H2,1-9H3/t17-/m0/s1. The molecule has 0 saturated heterocycles. The van der Waals surface area contributed by atoms with Crippen LogP contribution >= 0.6 is 0 Å². The van der Waals surface area contributed by atoms with Gasteiger partial charge in [0, 0.05) is 0 Å². The molecule has 0 amide bonds. The van der Waals surface area contributed by atoms with Crippen molar-refractivity contribution in [3.8, 4) is 0 Å². The number of rotatable bonds is 4. The second-order valence-electron chi connectivity index (χ2n) is 6.90.